The highest BCUT2D eigenvalue weighted by atomic mass is 79.9. The Morgan fingerprint density at radius 1 is 1.17 bits per heavy atom. The van der Waals surface area contributed by atoms with Crippen molar-refractivity contribution in [2.24, 2.45) is 0 Å². The van der Waals surface area contributed by atoms with Crippen molar-refractivity contribution in [1.29, 1.82) is 0 Å². The van der Waals surface area contributed by atoms with Crippen molar-refractivity contribution in [2.75, 3.05) is 5.32 Å². The fourth-order valence-electron chi connectivity index (χ4n) is 2.16. The predicted octanol–water partition coefficient (Wildman–Crippen LogP) is 5.25. The van der Waals surface area contributed by atoms with Crippen LogP contribution in [-0.2, 0) is 6.54 Å². The molecule has 0 unspecified atom stereocenters. The summed E-state index contributed by atoms with van der Waals surface area (Å²) in [6.45, 7) is 0.616. The van der Waals surface area contributed by atoms with Crippen molar-refractivity contribution in [3.63, 3.8) is 0 Å². The summed E-state index contributed by atoms with van der Waals surface area (Å²) in [5, 5.41) is 7.82. The predicted molar refractivity (Wildman–Crippen MR) is 99.9 cm³/mol. The van der Waals surface area contributed by atoms with Crippen LogP contribution < -0.4 is 5.32 Å². The number of benzene rings is 2. The largest absolute Gasteiger partial charge is 0.319 e. The Labute approximate surface area is 157 Å². The van der Waals surface area contributed by atoms with Gasteiger partial charge >= 0.3 is 0 Å². The van der Waals surface area contributed by atoms with Gasteiger partial charge < -0.3 is 5.32 Å². The molecule has 0 aliphatic heterocycles. The van der Waals surface area contributed by atoms with Gasteiger partial charge in [0.1, 0.15) is 0 Å². The van der Waals surface area contributed by atoms with Gasteiger partial charge in [0.05, 0.1) is 29.0 Å². The van der Waals surface area contributed by atoms with Crippen LogP contribution in [0.2, 0.25) is 10.0 Å². The third-order valence-corrected chi connectivity index (χ3v) is 4.40. The number of rotatable bonds is 4. The summed E-state index contributed by atoms with van der Waals surface area (Å²) >= 11 is 15.3. The summed E-state index contributed by atoms with van der Waals surface area (Å²) in [4.78, 5) is 12.3. The molecule has 122 valence electrons. The molecule has 4 nitrogen and oxygen atoms in total. The molecule has 0 saturated heterocycles. The second-order valence-corrected chi connectivity index (χ2v) is 6.89. The van der Waals surface area contributed by atoms with Crippen LogP contribution in [0.3, 0.4) is 0 Å². The zero-order chi connectivity index (χ0) is 17.1. The lowest BCUT2D eigenvalue weighted by Crippen LogP contribution is -2.12. The van der Waals surface area contributed by atoms with Crippen LogP contribution in [0, 0.1) is 0 Å². The average molecular weight is 425 g/mol. The normalized spacial score (nSPS) is 10.6. The first-order valence-electron chi connectivity index (χ1n) is 7.04. The van der Waals surface area contributed by atoms with Gasteiger partial charge in [-0.15, -0.1) is 0 Å². The highest BCUT2D eigenvalue weighted by molar-refractivity contribution is 9.10. The number of hydrogen-bond acceptors (Lipinski definition) is 2. The second kappa shape index (κ2) is 7.38. The van der Waals surface area contributed by atoms with Crippen LogP contribution >= 0.6 is 39.1 Å². The van der Waals surface area contributed by atoms with Crippen LogP contribution in [0.4, 0.5) is 5.69 Å². The molecule has 0 saturated carbocycles. The smallest absolute Gasteiger partial charge is 0.257 e. The Kier molecular flexibility index (Phi) is 5.23. The zero-order valence-electron chi connectivity index (χ0n) is 12.3. The van der Waals surface area contributed by atoms with E-state index in [1.165, 1.54) is 6.07 Å². The highest BCUT2D eigenvalue weighted by Gasteiger charge is 2.12. The maximum absolute atomic E-state index is 12.3. The van der Waals surface area contributed by atoms with Crippen molar-refractivity contribution in [3.05, 3.63) is 80.5 Å². The Hall–Kier alpha value is -1.82. The molecule has 1 aromatic heterocycles. The molecule has 3 rings (SSSR count). The van der Waals surface area contributed by atoms with Gasteiger partial charge in [-0.25, -0.2) is 0 Å². The maximum atomic E-state index is 12.3. The van der Waals surface area contributed by atoms with Gasteiger partial charge in [-0.2, -0.15) is 5.10 Å². The summed E-state index contributed by atoms with van der Waals surface area (Å²) < 4.78 is 2.78. The standard InChI is InChI=1S/C17H12BrCl2N3O/c18-12-3-1-11(2-4-12)9-23-10-14(8-21-23)22-17(24)15-6-5-13(19)7-16(15)20/h1-8,10H,9H2,(H,22,24). The number of halogens is 3. The first kappa shape index (κ1) is 17.0. The summed E-state index contributed by atoms with van der Waals surface area (Å²) in [6.07, 6.45) is 3.37. The lowest BCUT2D eigenvalue weighted by Gasteiger charge is -2.05. The Bertz CT molecular complexity index is 878. The van der Waals surface area contributed by atoms with E-state index in [1.54, 1.807) is 29.2 Å². The molecule has 7 heteroatoms. The van der Waals surface area contributed by atoms with Gasteiger partial charge in [0.2, 0.25) is 0 Å². The van der Waals surface area contributed by atoms with Crippen molar-refractivity contribution >= 4 is 50.7 Å². The first-order valence-corrected chi connectivity index (χ1v) is 8.59. The molecule has 3 aromatic rings. The van der Waals surface area contributed by atoms with E-state index in [1.807, 2.05) is 24.3 Å². The van der Waals surface area contributed by atoms with E-state index in [9.17, 15) is 4.79 Å². The zero-order valence-corrected chi connectivity index (χ0v) is 15.4. The second-order valence-electron chi connectivity index (χ2n) is 5.13. The number of carbonyl (C=O) groups excluding carboxylic acids is 1. The van der Waals surface area contributed by atoms with Crippen LogP contribution in [0.1, 0.15) is 15.9 Å². The van der Waals surface area contributed by atoms with Crippen molar-refractivity contribution < 1.29 is 4.79 Å². The first-order chi connectivity index (χ1) is 11.5. The van der Waals surface area contributed by atoms with Gasteiger partial charge in [0.15, 0.2) is 0 Å². The minimum absolute atomic E-state index is 0.306. The number of anilines is 1. The number of hydrogen-bond donors (Lipinski definition) is 1. The molecule has 0 fully saturated rings. The summed E-state index contributed by atoms with van der Waals surface area (Å²) in [5.74, 6) is -0.306. The lowest BCUT2D eigenvalue weighted by atomic mass is 10.2. The molecule has 1 N–H and O–H groups in total. The summed E-state index contributed by atoms with van der Waals surface area (Å²) in [7, 11) is 0. The lowest BCUT2D eigenvalue weighted by molar-refractivity contribution is 0.102. The fraction of sp³-hybridized carbons (Fsp3) is 0.0588. The highest BCUT2D eigenvalue weighted by Crippen LogP contribution is 2.22. The number of amides is 1. The van der Waals surface area contributed by atoms with Crippen molar-refractivity contribution in [2.45, 2.75) is 6.54 Å². The summed E-state index contributed by atoms with van der Waals surface area (Å²) in [5.41, 5.74) is 2.07. The van der Waals surface area contributed by atoms with Gasteiger partial charge in [-0.3, -0.25) is 9.48 Å². The number of nitrogens with zero attached hydrogens (tertiary/aromatic N) is 2. The van der Waals surface area contributed by atoms with Crippen LogP contribution in [0.25, 0.3) is 0 Å². The van der Waals surface area contributed by atoms with E-state index in [2.05, 4.69) is 26.3 Å². The molecule has 2 aromatic carbocycles. The number of nitrogens with one attached hydrogen (secondary N) is 1. The minimum Gasteiger partial charge on any atom is -0.319 e. The molecule has 0 bridgehead atoms. The van der Waals surface area contributed by atoms with Gasteiger partial charge in [-0.1, -0.05) is 51.3 Å². The van der Waals surface area contributed by atoms with Crippen LogP contribution in [0.5, 0.6) is 0 Å². The molecule has 1 amide bonds. The van der Waals surface area contributed by atoms with E-state index >= 15 is 0 Å². The van der Waals surface area contributed by atoms with Crippen LogP contribution in [-0.4, -0.2) is 15.7 Å². The fourth-order valence-corrected chi connectivity index (χ4v) is 2.92. The molecule has 0 atom stereocenters. The van der Waals surface area contributed by atoms with Gasteiger partial charge in [0, 0.05) is 15.7 Å². The molecule has 0 aliphatic carbocycles. The van der Waals surface area contributed by atoms with E-state index in [0.29, 0.717) is 27.8 Å². The Balaban J connectivity index is 1.69. The van der Waals surface area contributed by atoms with Crippen molar-refractivity contribution in [1.82, 2.24) is 9.78 Å². The molecule has 1 heterocycles. The van der Waals surface area contributed by atoms with E-state index < -0.39 is 0 Å². The molecule has 0 aliphatic rings. The Morgan fingerprint density at radius 3 is 2.62 bits per heavy atom. The minimum atomic E-state index is -0.306. The average Bonchev–Trinajstić information content (AvgIpc) is 2.96. The Morgan fingerprint density at radius 2 is 1.92 bits per heavy atom. The topological polar surface area (TPSA) is 46.9 Å². The molecule has 0 radical (unpaired) electrons. The molecular weight excluding hydrogens is 413 g/mol. The summed E-state index contributed by atoms with van der Waals surface area (Å²) in [6, 6.07) is 12.7. The van der Waals surface area contributed by atoms with Gasteiger partial charge in [-0.05, 0) is 35.9 Å². The van der Waals surface area contributed by atoms with E-state index in [0.717, 1.165) is 10.0 Å². The SMILES string of the molecule is O=C(Nc1cnn(Cc2ccc(Br)cc2)c1)c1ccc(Cl)cc1Cl. The third kappa shape index (κ3) is 4.17. The van der Waals surface area contributed by atoms with Crippen molar-refractivity contribution in [3.8, 4) is 0 Å². The monoisotopic (exact) mass is 423 g/mol. The molecule has 24 heavy (non-hydrogen) atoms. The third-order valence-electron chi connectivity index (χ3n) is 3.32. The maximum Gasteiger partial charge on any atom is 0.257 e. The van der Waals surface area contributed by atoms with Gasteiger partial charge in [0.25, 0.3) is 5.91 Å². The van der Waals surface area contributed by atoms with E-state index in [4.69, 9.17) is 23.2 Å². The number of aromatic nitrogens is 2. The number of carbonyl (C=O) groups is 1. The van der Waals surface area contributed by atoms with E-state index in [-0.39, 0.29) is 5.91 Å². The molecule has 0 spiro atoms. The van der Waals surface area contributed by atoms with Crippen LogP contribution in [0.15, 0.2) is 59.3 Å². The molecular formula is C17H12BrCl2N3O. The quantitative estimate of drug-likeness (QED) is 0.621.